The SMILES string of the molecule is COC(C)Cn1c(-c2cc(C)c(=O)n(C)c2)nc2cc(CNC(C(=O)O)C(C)O)ccc21. The number of fused-ring (bicyclic) bond motifs is 1. The highest BCUT2D eigenvalue weighted by Gasteiger charge is 2.22. The summed E-state index contributed by atoms with van der Waals surface area (Å²) in [4.78, 5) is 28.3. The van der Waals surface area contributed by atoms with Crippen molar-refractivity contribution >= 4 is 17.0 Å². The topological polar surface area (TPSA) is 119 Å². The predicted molar refractivity (Wildman–Crippen MR) is 122 cm³/mol. The van der Waals surface area contributed by atoms with Gasteiger partial charge in [0, 0.05) is 38.0 Å². The number of aryl methyl sites for hydroxylation is 2. The molecule has 0 bridgehead atoms. The third-order valence-electron chi connectivity index (χ3n) is 5.55. The van der Waals surface area contributed by atoms with E-state index in [-0.39, 0.29) is 18.2 Å². The Bertz CT molecular complexity index is 1150. The molecule has 3 atom stereocenters. The van der Waals surface area contributed by atoms with Gasteiger partial charge in [0.15, 0.2) is 0 Å². The molecule has 2 heterocycles. The Morgan fingerprint density at radius 1 is 1.28 bits per heavy atom. The van der Waals surface area contributed by atoms with Gasteiger partial charge in [-0.3, -0.25) is 14.9 Å². The van der Waals surface area contributed by atoms with E-state index in [1.165, 1.54) is 6.92 Å². The minimum absolute atomic E-state index is 0.0523. The summed E-state index contributed by atoms with van der Waals surface area (Å²) in [6.07, 6.45) is 0.696. The molecule has 9 nitrogen and oxygen atoms in total. The Morgan fingerprint density at radius 2 is 2.00 bits per heavy atom. The largest absolute Gasteiger partial charge is 0.480 e. The number of methoxy groups -OCH3 is 1. The van der Waals surface area contributed by atoms with E-state index in [1.807, 2.05) is 31.2 Å². The maximum absolute atomic E-state index is 12.1. The number of aliphatic hydroxyl groups excluding tert-OH is 1. The lowest BCUT2D eigenvalue weighted by atomic mass is 10.1. The number of nitrogens with zero attached hydrogens (tertiary/aromatic N) is 3. The summed E-state index contributed by atoms with van der Waals surface area (Å²) < 4.78 is 9.08. The fraction of sp³-hybridized carbons (Fsp3) is 0.435. The van der Waals surface area contributed by atoms with Gasteiger partial charge < -0.3 is 24.1 Å². The molecule has 3 N–H and O–H groups in total. The van der Waals surface area contributed by atoms with Gasteiger partial charge >= 0.3 is 5.97 Å². The summed E-state index contributed by atoms with van der Waals surface area (Å²) in [7, 11) is 3.37. The van der Waals surface area contributed by atoms with Crippen LogP contribution in [0.2, 0.25) is 0 Å². The van der Waals surface area contributed by atoms with E-state index < -0.39 is 18.1 Å². The standard InChI is InChI=1S/C23H30N4O5/c1-13-8-17(12-26(4)22(13)29)21-25-18-9-16(10-24-20(15(3)28)23(30)31)6-7-19(18)27(21)11-14(2)32-5/h6-9,12,14-15,20,24,28H,10-11H2,1-5H3,(H,30,31). The summed E-state index contributed by atoms with van der Waals surface area (Å²) in [5.74, 6) is -0.383. The van der Waals surface area contributed by atoms with Crippen molar-refractivity contribution in [1.82, 2.24) is 19.4 Å². The second kappa shape index (κ2) is 9.64. The van der Waals surface area contributed by atoms with Crippen molar-refractivity contribution in [2.75, 3.05) is 7.11 Å². The van der Waals surface area contributed by atoms with Crippen molar-refractivity contribution in [3.8, 4) is 11.4 Å². The number of carbonyl (C=O) groups is 1. The first kappa shape index (κ1) is 23.6. The number of aliphatic hydroxyl groups is 1. The Kier molecular flexibility index (Phi) is 7.12. The zero-order chi connectivity index (χ0) is 23.6. The molecule has 0 amide bonds. The minimum Gasteiger partial charge on any atom is -0.480 e. The number of carboxylic acids is 1. The van der Waals surface area contributed by atoms with Crippen molar-refractivity contribution in [3.05, 3.63) is 51.9 Å². The maximum Gasteiger partial charge on any atom is 0.323 e. The van der Waals surface area contributed by atoms with E-state index in [2.05, 4.69) is 9.88 Å². The van der Waals surface area contributed by atoms with Crippen LogP contribution in [0, 0.1) is 6.92 Å². The summed E-state index contributed by atoms with van der Waals surface area (Å²) in [6.45, 7) is 6.04. The van der Waals surface area contributed by atoms with Crippen LogP contribution >= 0.6 is 0 Å². The van der Waals surface area contributed by atoms with Crippen molar-refractivity contribution in [2.45, 2.75) is 52.1 Å². The number of hydrogen-bond donors (Lipinski definition) is 3. The zero-order valence-electron chi connectivity index (χ0n) is 19.0. The maximum atomic E-state index is 12.1. The third kappa shape index (κ3) is 4.90. The first-order valence-corrected chi connectivity index (χ1v) is 10.5. The smallest absolute Gasteiger partial charge is 0.323 e. The number of ether oxygens (including phenoxy) is 1. The number of rotatable bonds is 9. The molecule has 0 radical (unpaired) electrons. The first-order chi connectivity index (χ1) is 15.1. The number of benzene rings is 1. The summed E-state index contributed by atoms with van der Waals surface area (Å²) in [5.41, 5.74) is 3.90. The lowest BCUT2D eigenvalue weighted by molar-refractivity contribution is -0.142. The van der Waals surface area contributed by atoms with Crippen LogP contribution in [0.15, 0.2) is 35.3 Å². The highest BCUT2D eigenvalue weighted by Crippen LogP contribution is 2.26. The van der Waals surface area contributed by atoms with Gasteiger partial charge in [-0.15, -0.1) is 0 Å². The summed E-state index contributed by atoms with van der Waals surface area (Å²) in [5, 5.41) is 21.8. The van der Waals surface area contributed by atoms with Gasteiger partial charge in [0.05, 0.1) is 29.8 Å². The number of aromatic nitrogens is 3. The van der Waals surface area contributed by atoms with E-state index in [1.54, 1.807) is 31.8 Å². The van der Waals surface area contributed by atoms with Gasteiger partial charge in [0.25, 0.3) is 5.56 Å². The lowest BCUT2D eigenvalue weighted by Crippen LogP contribution is -2.44. The molecule has 9 heteroatoms. The molecule has 0 aliphatic rings. The van der Waals surface area contributed by atoms with E-state index in [9.17, 15) is 19.8 Å². The van der Waals surface area contributed by atoms with E-state index in [0.717, 1.165) is 28.0 Å². The van der Waals surface area contributed by atoms with Crippen molar-refractivity contribution in [1.29, 1.82) is 0 Å². The molecular formula is C23H30N4O5. The van der Waals surface area contributed by atoms with Gasteiger partial charge in [-0.05, 0) is 44.5 Å². The molecule has 3 aromatic rings. The molecule has 3 unspecified atom stereocenters. The quantitative estimate of drug-likeness (QED) is 0.461. The molecule has 3 rings (SSSR count). The van der Waals surface area contributed by atoms with Crippen LogP contribution in [0.1, 0.15) is 25.0 Å². The molecule has 32 heavy (non-hydrogen) atoms. The molecule has 0 aliphatic heterocycles. The molecular weight excluding hydrogens is 412 g/mol. The molecule has 0 saturated heterocycles. The Morgan fingerprint density at radius 3 is 2.59 bits per heavy atom. The van der Waals surface area contributed by atoms with E-state index in [0.29, 0.717) is 12.1 Å². The minimum atomic E-state index is -1.11. The Hall–Kier alpha value is -3.01. The number of pyridine rings is 1. The van der Waals surface area contributed by atoms with Gasteiger partial charge in [-0.2, -0.15) is 0 Å². The van der Waals surface area contributed by atoms with Crippen molar-refractivity contribution < 1.29 is 19.7 Å². The molecule has 0 saturated carbocycles. The fourth-order valence-electron chi connectivity index (χ4n) is 3.71. The highest BCUT2D eigenvalue weighted by atomic mass is 16.5. The number of imidazole rings is 1. The normalized spacial score (nSPS) is 14.4. The lowest BCUT2D eigenvalue weighted by Gasteiger charge is -2.17. The number of carboxylic acid groups (broad SMARTS) is 1. The number of hydrogen-bond acceptors (Lipinski definition) is 6. The molecule has 1 aromatic carbocycles. The van der Waals surface area contributed by atoms with Crippen LogP contribution in [0.4, 0.5) is 0 Å². The number of aliphatic carboxylic acids is 1. The van der Waals surface area contributed by atoms with Crippen molar-refractivity contribution in [3.63, 3.8) is 0 Å². The molecule has 0 aliphatic carbocycles. The highest BCUT2D eigenvalue weighted by molar-refractivity contribution is 5.81. The van der Waals surface area contributed by atoms with E-state index in [4.69, 9.17) is 9.72 Å². The average Bonchev–Trinajstić information content (AvgIpc) is 3.08. The fourth-order valence-corrected chi connectivity index (χ4v) is 3.71. The summed E-state index contributed by atoms with van der Waals surface area (Å²) >= 11 is 0. The predicted octanol–water partition coefficient (Wildman–Crippen LogP) is 1.67. The zero-order valence-corrected chi connectivity index (χ0v) is 19.0. The monoisotopic (exact) mass is 442 g/mol. The Labute approximate surface area is 186 Å². The average molecular weight is 443 g/mol. The van der Waals surface area contributed by atoms with Crippen LogP contribution in [0.3, 0.4) is 0 Å². The van der Waals surface area contributed by atoms with Crippen LogP contribution in [-0.2, 0) is 29.7 Å². The second-order valence-corrected chi connectivity index (χ2v) is 8.18. The number of nitrogens with one attached hydrogen (secondary N) is 1. The van der Waals surface area contributed by atoms with Crippen LogP contribution < -0.4 is 10.9 Å². The van der Waals surface area contributed by atoms with Crippen LogP contribution in [0.25, 0.3) is 22.4 Å². The molecule has 172 valence electrons. The molecule has 2 aromatic heterocycles. The van der Waals surface area contributed by atoms with Gasteiger partial charge in [0.2, 0.25) is 0 Å². The molecule has 0 fully saturated rings. The first-order valence-electron chi connectivity index (χ1n) is 10.5. The second-order valence-electron chi connectivity index (χ2n) is 8.18. The van der Waals surface area contributed by atoms with Crippen LogP contribution in [-0.4, -0.2) is 55.7 Å². The van der Waals surface area contributed by atoms with Gasteiger partial charge in [-0.1, -0.05) is 6.07 Å². The summed E-state index contributed by atoms with van der Waals surface area (Å²) in [6, 6.07) is 6.52. The van der Waals surface area contributed by atoms with Gasteiger partial charge in [0.1, 0.15) is 11.9 Å². The van der Waals surface area contributed by atoms with Crippen LogP contribution in [0.5, 0.6) is 0 Å². The molecule has 0 spiro atoms. The van der Waals surface area contributed by atoms with E-state index >= 15 is 0 Å². The van der Waals surface area contributed by atoms with Gasteiger partial charge in [-0.25, -0.2) is 4.98 Å². The van der Waals surface area contributed by atoms with Crippen molar-refractivity contribution in [2.24, 2.45) is 7.05 Å². The Balaban J connectivity index is 2.04. The third-order valence-corrected chi connectivity index (χ3v) is 5.55.